The summed E-state index contributed by atoms with van der Waals surface area (Å²) in [7, 11) is 0. The number of nitrogens with zero attached hydrogens (tertiary/aromatic N) is 2. The van der Waals surface area contributed by atoms with Crippen molar-refractivity contribution in [2.75, 3.05) is 0 Å². The minimum absolute atomic E-state index is 0.192. The smallest absolute Gasteiger partial charge is 0.339 e. The highest BCUT2D eigenvalue weighted by Gasteiger charge is 2.24. The fourth-order valence-corrected chi connectivity index (χ4v) is 2.91. The first-order valence-electron chi connectivity index (χ1n) is 7.39. The number of carbonyl (C=O) groups is 1. The monoisotopic (exact) mass is 286 g/mol. The van der Waals surface area contributed by atoms with Crippen molar-refractivity contribution in [1.82, 2.24) is 9.78 Å². The highest BCUT2D eigenvalue weighted by molar-refractivity contribution is 5.89. The summed E-state index contributed by atoms with van der Waals surface area (Å²) in [6.07, 6.45) is 3.27. The normalized spacial score (nSPS) is 11.1. The van der Waals surface area contributed by atoms with Crippen molar-refractivity contribution in [3.8, 4) is 5.69 Å². The molecule has 0 saturated heterocycles. The van der Waals surface area contributed by atoms with Crippen LogP contribution in [0.3, 0.4) is 0 Å². The van der Waals surface area contributed by atoms with Gasteiger partial charge in [-0.05, 0) is 37.8 Å². The molecule has 1 N–H and O–H groups in total. The Morgan fingerprint density at radius 2 is 1.81 bits per heavy atom. The van der Waals surface area contributed by atoms with E-state index in [2.05, 4.69) is 18.9 Å². The second-order valence-electron chi connectivity index (χ2n) is 5.41. The van der Waals surface area contributed by atoms with Crippen LogP contribution in [0, 0.1) is 13.8 Å². The molecule has 0 saturated carbocycles. The van der Waals surface area contributed by atoms with Crippen molar-refractivity contribution in [2.24, 2.45) is 0 Å². The van der Waals surface area contributed by atoms with Crippen molar-refractivity contribution in [3.63, 3.8) is 0 Å². The molecule has 1 aromatic heterocycles. The van der Waals surface area contributed by atoms with Gasteiger partial charge >= 0.3 is 5.97 Å². The first kappa shape index (κ1) is 15.3. The third-order valence-electron chi connectivity index (χ3n) is 4.06. The minimum Gasteiger partial charge on any atom is -0.478 e. The van der Waals surface area contributed by atoms with Crippen LogP contribution in [0.15, 0.2) is 24.4 Å². The maximum Gasteiger partial charge on any atom is 0.339 e. The third kappa shape index (κ3) is 2.71. The van der Waals surface area contributed by atoms with Crippen LogP contribution in [0.1, 0.15) is 59.8 Å². The van der Waals surface area contributed by atoms with Crippen LogP contribution in [-0.4, -0.2) is 20.9 Å². The van der Waals surface area contributed by atoms with Crippen molar-refractivity contribution in [1.29, 1.82) is 0 Å². The largest absolute Gasteiger partial charge is 0.478 e. The maximum absolute atomic E-state index is 11.5. The van der Waals surface area contributed by atoms with E-state index in [1.807, 2.05) is 36.7 Å². The Labute approximate surface area is 125 Å². The number of aromatic carboxylic acids is 1. The SMILES string of the molecule is CCC(CC)c1c(C(=O)O)cnn1-c1c(C)cccc1C. The molecular weight excluding hydrogens is 264 g/mol. The molecule has 0 amide bonds. The van der Waals surface area contributed by atoms with Crippen LogP contribution in [0.25, 0.3) is 5.69 Å². The molecule has 112 valence electrons. The lowest BCUT2D eigenvalue weighted by molar-refractivity contribution is 0.0695. The molecule has 0 atom stereocenters. The Kier molecular flexibility index (Phi) is 4.46. The summed E-state index contributed by atoms with van der Waals surface area (Å²) in [5, 5.41) is 13.8. The second-order valence-corrected chi connectivity index (χ2v) is 5.41. The number of hydrogen-bond donors (Lipinski definition) is 1. The van der Waals surface area contributed by atoms with E-state index >= 15 is 0 Å². The average molecular weight is 286 g/mol. The summed E-state index contributed by atoms with van der Waals surface area (Å²) in [6.45, 7) is 8.23. The van der Waals surface area contributed by atoms with Gasteiger partial charge in [0.1, 0.15) is 5.56 Å². The van der Waals surface area contributed by atoms with E-state index in [0.29, 0.717) is 5.56 Å². The van der Waals surface area contributed by atoms with Gasteiger partial charge in [0.05, 0.1) is 17.6 Å². The van der Waals surface area contributed by atoms with Gasteiger partial charge in [0, 0.05) is 5.92 Å². The van der Waals surface area contributed by atoms with Gasteiger partial charge in [-0.25, -0.2) is 9.48 Å². The number of aromatic nitrogens is 2. The van der Waals surface area contributed by atoms with Crippen molar-refractivity contribution in [3.05, 3.63) is 46.8 Å². The van der Waals surface area contributed by atoms with Gasteiger partial charge in [0.15, 0.2) is 0 Å². The maximum atomic E-state index is 11.5. The predicted molar refractivity (Wildman–Crippen MR) is 83.3 cm³/mol. The second kappa shape index (κ2) is 6.12. The summed E-state index contributed by atoms with van der Waals surface area (Å²) in [5.74, 6) is -0.716. The van der Waals surface area contributed by atoms with Gasteiger partial charge in [-0.1, -0.05) is 32.0 Å². The highest BCUT2D eigenvalue weighted by atomic mass is 16.4. The standard InChI is InChI=1S/C17H22N2O2/c1-5-13(6-2)16-14(17(20)21)10-18-19(16)15-11(3)8-7-9-12(15)4/h7-10,13H,5-6H2,1-4H3,(H,20,21). The number of aryl methyl sites for hydroxylation is 2. The summed E-state index contributed by atoms with van der Waals surface area (Å²) in [5.41, 5.74) is 4.31. The fraction of sp³-hybridized carbons (Fsp3) is 0.412. The lowest BCUT2D eigenvalue weighted by atomic mass is 9.95. The molecular formula is C17H22N2O2. The van der Waals surface area contributed by atoms with E-state index in [4.69, 9.17) is 0 Å². The van der Waals surface area contributed by atoms with Crippen LogP contribution in [0.4, 0.5) is 0 Å². The molecule has 2 aromatic rings. The van der Waals surface area contributed by atoms with E-state index in [9.17, 15) is 9.90 Å². The van der Waals surface area contributed by atoms with E-state index in [1.165, 1.54) is 6.20 Å². The molecule has 1 heterocycles. The Morgan fingerprint density at radius 1 is 1.24 bits per heavy atom. The van der Waals surface area contributed by atoms with Crippen LogP contribution in [0.2, 0.25) is 0 Å². The zero-order chi connectivity index (χ0) is 15.6. The van der Waals surface area contributed by atoms with Gasteiger partial charge in [-0.15, -0.1) is 0 Å². The molecule has 0 aliphatic carbocycles. The summed E-state index contributed by atoms with van der Waals surface area (Å²) in [6, 6.07) is 6.06. The zero-order valence-electron chi connectivity index (χ0n) is 13.1. The minimum atomic E-state index is -0.908. The average Bonchev–Trinajstić information content (AvgIpc) is 2.85. The fourth-order valence-electron chi connectivity index (χ4n) is 2.91. The topological polar surface area (TPSA) is 55.1 Å². The summed E-state index contributed by atoms with van der Waals surface area (Å²) >= 11 is 0. The van der Waals surface area contributed by atoms with Gasteiger partial charge in [-0.3, -0.25) is 0 Å². The number of benzene rings is 1. The quantitative estimate of drug-likeness (QED) is 0.900. The van der Waals surface area contributed by atoms with Crippen LogP contribution >= 0.6 is 0 Å². The molecule has 2 rings (SSSR count). The molecule has 4 nitrogen and oxygen atoms in total. The number of rotatable bonds is 5. The molecule has 4 heteroatoms. The Morgan fingerprint density at radius 3 is 2.29 bits per heavy atom. The molecule has 0 aliphatic rings. The molecule has 0 fully saturated rings. The molecule has 0 bridgehead atoms. The van der Waals surface area contributed by atoms with Crippen molar-refractivity contribution in [2.45, 2.75) is 46.5 Å². The molecule has 0 unspecified atom stereocenters. The van der Waals surface area contributed by atoms with Crippen molar-refractivity contribution < 1.29 is 9.90 Å². The van der Waals surface area contributed by atoms with E-state index in [1.54, 1.807) is 0 Å². The first-order chi connectivity index (χ1) is 10.0. The lowest BCUT2D eigenvalue weighted by Crippen LogP contribution is -2.13. The molecule has 1 aromatic carbocycles. The molecule has 0 spiro atoms. The molecule has 0 aliphatic heterocycles. The van der Waals surface area contributed by atoms with Gasteiger partial charge in [0.25, 0.3) is 0 Å². The molecule has 21 heavy (non-hydrogen) atoms. The van der Waals surface area contributed by atoms with Crippen LogP contribution < -0.4 is 0 Å². The Balaban J connectivity index is 2.73. The number of carboxylic acids is 1. The third-order valence-corrected chi connectivity index (χ3v) is 4.06. The number of para-hydroxylation sites is 1. The lowest BCUT2D eigenvalue weighted by Gasteiger charge is -2.19. The van der Waals surface area contributed by atoms with E-state index in [-0.39, 0.29) is 5.92 Å². The van der Waals surface area contributed by atoms with Crippen LogP contribution in [-0.2, 0) is 0 Å². The van der Waals surface area contributed by atoms with Crippen LogP contribution in [0.5, 0.6) is 0 Å². The Bertz CT molecular complexity index is 635. The summed E-state index contributed by atoms with van der Waals surface area (Å²) < 4.78 is 1.83. The van der Waals surface area contributed by atoms with E-state index in [0.717, 1.165) is 35.3 Å². The Hall–Kier alpha value is -2.10. The highest BCUT2D eigenvalue weighted by Crippen LogP contribution is 2.30. The summed E-state index contributed by atoms with van der Waals surface area (Å²) in [4.78, 5) is 11.5. The van der Waals surface area contributed by atoms with E-state index < -0.39 is 5.97 Å². The molecule has 0 radical (unpaired) electrons. The van der Waals surface area contributed by atoms with Gasteiger partial charge in [0.2, 0.25) is 0 Å². The predicted octanol–water partition coefficient (Wildman–Crippen LogP) is 4.09. The van der Waals surface area contributed by atoms with Gasteiger partial charge < -0.3 is 5.11 Å². The first-order valence-corrected chi connectivity index (χ1v) is 7.39. The van der Waals surface area contributed by atoms with Gasteiger partial charge in [-0.2, -0.15) is 5.10 Å². The van der Waals surface area contributed by atoms with Crippen molar-refractivity contribution >= 4 is 5.97 Å². The zero-order valence-corrected chi connectivity index (χ0v) is 13.1. The number of hydrogen-bond acceptors (Lipinski definition) is 2. The number of carboxylic acid groups (broad SMARTS) is 1.